The first-order valence-corrected chi connectivity index (χ1v) is 10.4. The van der Waals surface area contributed by atoms with Crippen molar-refractivity contribution in [3.63, 3.8) is 0 Å². The Morgan fingerprint density at radius 2 is 2.18 bits per heavy atom. The van der Waals surface area contributed by atoms with Crippen molar-refractivity contribution in [1.29, 1.82) is 0 Å². The van der Waals surface area contributed by atoms with Gasteiger partial charge in [0.05, 0.1) is 23.7 Å². The highest BCUT2D eigenvalue weighted by Gasteiger charge is 2.26. The first-order valence-electron chi connectivity index (χ1n) is 9.43. The molecule has 0 fully saturated rings. The second kappa shape index (κ2) is 7.79. The molecular formula is C20H24N6OS. The van der Waals surface area contributed by atoms with Crippen LogP contribution in [0.4, 0.5) is 0 Å². The number of hydrogen-bond donors (Lipinski definition) is 1. The highest BCUT2D eigenvalue weighted by molar-refractivity contribution is 7.99. The van der Waals surface area contributed by atoms with Gasteiger partial charge in [0.2, 0.25) is 5.91 Å². The van der Waals surface area contributed by atoms with Gasteiger partial charge in [-0.3, -0.25) is 4.79 Å². The monoisotopic (exact) mass is 396 g/mol. The molecule has 1 amide bonds. The Bertz CT molecular complexity index is 1010. The third-order valence-corrected chi connectivity index (χ3v) is 6.29. The highest BCUT2D eigenvalue weighted by atomic mass is 32.2. The number of carbonyl (C=O) groups is 1. The fourth-order valence-electron chi connectivity index (χ4n) is 3.56. The number of aryl methyl sites for hydroxylation is 3. The molecule has 1 aliphatic carbocycles. The van der Waals surface area contributed by atoms with Gasteiger partial charge in [0, 0.05) is 18.3 Å². The minimum Gasteiger partial charge on any atom is -0.348 e. The molecule has 3 aromatic rings. The molecule has 0 saturated heterocycles. The number of benzene rings is 1. The molecule has 0 bridgehead atoms. The number of aromatic nitrogens is 5. The summed E-state index contributed by atoms with van der Waals surface area (Å²) >= 11 is 1.39. The number of thioether (sulfide) groups is 1. The fraction of sp³-hybridized carbons (Fsp3) is 0.400. The SMILES string of the molecule is Cc1ccc(-n2ncc3c2CCCC3NC(=O)CSc2nncn2C)cc1C. The quantitative estimate of drug-likeness (QED) is 0.671. The zero-order valence-electron chi connectivity index (χ0n) is 16.3. The third kappa shape index (κ3) is 3.69. The Kier molecular flexibility index (Phi) is 5.21. The second-order valence-corrected chi connectivity index (χ2v) is 8.19. The molecule has 8 heteroatoms. The van der Waals surface area contributed by atoms with Crippen LogP contribution in [0.3, 0.4) is 0 Å². The maximum Gasteiger partial charge on any atom is 0.230 e. The summed E-state index contributed by atoms with van der Waals surface area (Å²) in [5, 5.41) is 16.4. The minimum atomic E-state index is 0.00443. The molecule has 0 spiro atoms. The Morgan fingerprint density at radius 3 is 2.93 bits per heavy atom. The summed E-state index contributed by atoms with van der Waals surface area (Å²) in [4.78, 5) is 12.5. The summed E-state index contributed by atoms with van der Waals surface area (Å²) < 4.78 is 3.83. The second-order valence-electron chi connectivity index (χ2n) is 7.25. The van der Waals surface area contributed by atoms with E-state index in [4.69, 9.17) is 0 Å². The van der Waals surface area contributed by atoms with Crippen LogP contribution < -0.4 is 5.32 Å². The smallest absolute Gasteiger partial charge is 0.230 e. The standard InChI is InChI=1S/C20H24N6OS/c1-13-7-8-15(9-14(13)2)26-18-6-4-5-17(16(18)10-22-26)23-19(27)11-28-20-24-21-12-25(20)3/h7-10,12,17H,4-6,11H2,1-3H3,(H,23,27). The molecule has 146 valence electrons. The van der Waals surface area contributed by atoms with Crippen molar-refractivity contribution >= 4 is 17.7 Å². The molecule has 4 rings (SSSR count). The third-order valence-electron chi connectivity index (χ3n) is 5.26. The van der Waals surface area contributed by atoms with E-state index in [1.807, 2.05) is 22.5 Å². The van der Waals surface area contributed by atoms with Crippen molar-refractivity contribution in [3.05, 3.63) is 53.1 Å². The molecule has 2 aromatic heterocycles. The van der Waals surface area contributed by atoms with Gasteiger partial charge in [-0.05, 0) is 56.4 Å². The lowest BCUT2D eigenvalue weighted by atomic mass is 9.93. The van der Waals surface area contributed by atoms with Gasteiger partial charge in [0.15, 0.2) is 5.16 Å². The lowest BCUT2D eigenvalue weighted by Gasteiger charge is -2.24. The number of nitrogens with one attached hydrogen (secondary N) is 1. The molecule has 0 radical (unpaired) electrons. The van der Waals surface area contributed by atoms with Crippen molar-refractivity contribution in [3.8, 4) is 5.69 Å². The summed E-state index contributed by atoms with van der Waals surface area (Å²) in [6.45, 7) is 4.23. The average Bonchev–Trinajstić information content (AvgIpc) is 3.29. The summed E-state index contributed by atoms with van der Waals surface area (Å²) in [6.07, 6.45) is 6.48. The van der Waals surface area contributed by atoms with Crippen LogP contribution in [0, 0.1) is 13.8 Å². The summed E-state index contributed by atoms with van der Waals surface area (Å²) in [6, 6.07) is 6.42. The van der Waals surface area contributed by atoms with Crippen LogP contribution in [0.2, 0.25) is 0 Å². The molecule has 1 aromatic carbocycles. The topological polar surface area (TPSA) is 77.6 Å². The molecule has 1 atom stereocenters. The van der Waals surface area contributed by atoms with Crippen molar-refractivity contribution in [2.75, 3.05) is 5.75 Å². The Balaban J connectivity index is 1.48. The van der Waals surface area contributed by atoms with E-state index in [1.165, 1.54) is 28.6 Å². The predicted octanol–water partition coefficient (Wildman–Crippen LogP) is 2.90. The fourth-order valence-corrected chi connectivity index (χ4v) is 4.26. The largest absolute Gasteiger partial charge is 0.348 e. The zero-order chi connectivity index (χ0) is 19.7. The first-order chi connectivity index (χ1) is 13.5. The van der Waals surface area contributed by atoms with E-state index < -0.39 is 0 Å². The molecule has 0 aliphatic heterocycles. The van der Waals surface area contributed by atoms with E-state index in [9.17, 15) is 4.79 Å². The molecule has 7 nitrogen and oxygen atoms in total. The number of nitrogens with zero attached hydrogens (tertiary/aromatic N) is 5. The van der Waals surface area contributed by atoms with Gasteiger partial charge in [-0.1, -0.05) is 17.8 Å². The average molecular weight is 397 g/mol. The molecule has 28 heavy (non-hydrogen) atoms. The van der Waals surface area contributed by atoms with Crippen LogP contribution in [-0.4, -0.2) is 36.2 Å². The molecule has 2 heterocycles. The van der Waals surface area contributed by atoms with Crippen molar-refractivity contribution in [1.82, 2.24) is 29.9 Å². The lowest BCUT2D eigenvalue weighted by molar-refractivity contribution is -0.119. The molecular weight excluding hydrogens is 372 g/mol. The Morgan fingerprint density at radius 1 is 1.32 bits per heavy atom. The van der Waals surface area contributed by atoms with Gasteiger partial charge in [-0.2, -0.15) is 5.10 Å². The van der Waals surface area contributed by atoms with Gasteiger partial charge >= 0.3 is 0 Å². The molecule has 1 N–H and O–H groups in total. The maximum absolute atomic E-state index is 12.5. The number of hydrogen-bond acceptors (Lipinski definition) is 5. The molecule has 1 unspecified atom stereocenters. The van der Waals surface area contributed by atoms with E-state index >= 15 is 0 Å². The lowest BCUT2D eigenvalue weighted by Crippen LogP contribution is -2.32. The number of amides is 1. The van der Waals surface area contributed by atoms with Gasteiger partial charge in [-0.15, -0.1) is 10.2 Å². The van der Waals surface area contributed by atoms with Crippen LogP contribution >= 0.6 is 11.8 Å². The maximum atomic E-state index is 12.5. The highest BCUT2D eigenvalue weighted by Crippen LogP contribution is 2.31. The van der Waals surface area contributed by atoms with Crippen LogP contribution in [0.5, 0.6) is 0 Å². The van der Waals surface area contributed by atoms with E-state index in [-0.39, 0.29) is 11.9 Å². The van der Waals surface area contributed by atoms with Gasteiger partial charge < -0.3 is 9.88 Å². The molecule has 1 aliphatic rings. The molecule has 0 saturated carbocycles. The van der Waals surface area contributed by atoms with Crippen molar-refractivity contribution < 1.29 is 4.79 Å². The summed E-state index contributed by atoms with van der Waals surface area (Å²) in [5.74, 6) is 0.328. The Hall–Kier alpha value is -2.61. The van der Waals surface area contributed by atoms with E-state index in [1.54, 1.807) is 6.33 Å². The van der Waals surface area contributed by atoms with Crippen LogP contribution in [-0.2, 0) is 18.3 Å². The normalized spacial score (nSPS) is 16.0. The van der Waals surface area contributed by atoms with Crippen LogP contribution in [0.1, 0.15) is 41.3 Å². The number of carbonyl (C=O) groups excluding carboxylic acids is 1. The van der Waals surface area contributed by atoms with Gasteiger partial charge in [0.1, 0.15) is 6.33 Å². The Labute approximate surface area is 168 Å². The van der Waals surface area contributed by atoms with Crippen LogP contribution in [0.25, 0.3) is 5.69 Å². The number of fused-ring (bicyclic) bond motifs is 1. The van der Waals surface area contributed by atoms with Gasteiger partial charge in [0.25, 0.3) is 0 Å². The van der Waals surface area contributed by atoms with Crippen LogP contribution in [0.15, 0.2) is 35.9 Å². The zero-order valence-corrected chi connectivity index (χ0v) is 17.2. The summed E-state index contributed by atoms with van der Waals surface area (Å²) in [7, 11) is 1.87. The number of rotatable bonds is 5. The van der Waals surface area contributed by atoms with Gasteiger partial charge in [-0.25, -0.2) is 4.68 Å². The summed E-state index contributed by atoms with van der Waals surface area (Å²) in [5.41, 5.74) is 5.93. The van der Waals surface area contributed by atoms with E-state index in [0.717, 1.165) is 35.7 Å². The van der Waals surface area contributed by atoms with Crippen molar-refractivity contribution in [2.24, 2.45) is 7.05 Å². The first kappa shape index (κ1) is 18.7. The van der Waals surface area contributed by atoms with E-state index in [2.05, 4.69) is 52.7 Å². The van der Waals surface area contributed by atoms with Crippen molar-refractivity contribution in [2.45, 2.75) is 44.3 Å². The predicted molar refractivity (Wildman–Crippen MR) is 109 cm³/mol. The van der Waals surface area contributed by atoms with E-state index in [0.29, 0.717) is 5.75 Å². The minimum absolute atomic E-state index is 0.00443.